The fourth-order valence-electron chi connectivity index (χ4n) is 3.18. The molecular weight excluding hydrogens is 509 g/mol. The van der Waals surface area contributed by atoms with Gasteiger partial charge in [-0.05, 0) is 29.8 Å². The average Bonchev–Trinajstić information content (AvgIpc) is 2.71. The van der Waals surface area contributed by atoms with Crippen molar-refractivity contribution in [1.29, 1.82) is 0 Å². The van der Waals surface area contributed by atoms with Crippen LogP contribution in [0, 0.1) is 0 Å². The second-order valence-electron chi connectivity index (χ2n) is 6.84. The minimum Gasteiger partial charge on any atom is -0.256 e. The zero-order chi connectivity index (χ0) is 23.7. The molecule has 6 nitrogen and oxygen atoms in total. The van der Waals surface area contributed by atoms with E-state index in [9.17, 15) is 30.0 Å². The lowest BCUT2D eigenvalue weighted by Gasteiger charge is -2.26. The van der Waals surface area contributed by atoms with Gasteiger partial charge in [0.15, 0.2) is 9.84 Å². The smallest absolute Gasteiger partial charge is 0.256 e. The van der Waals surface area contributed by atoms with Crippen LogP contribution in [0.1, 0.15) is 5.56 Å². The summed E-state index contributed by atoms with van der Waals surface area (Å²) >= 11 is 10.7. The highest BCUT2D eigenvalue weighted by molar-refractivity contribution is 7.92. The molecule has 13 heteroatoms. The summed E-state index contributed by atoms with van der Waals surface area (Å²) in [7, 11) is -7.27. The van der Waals surface area contributed by atoms with Crippen LogP contribution in [0.25, 0.3) is 11.1 Å². The van der Waals surface area contributed by atoms with Gasteiger partial charge in [0.05, 0.1) is 32.7 Å². The third kappa shape index (κ3) is 5.37. The third-order valence-corrected chi connectivity index (χ3v) is 8.69. The summed E-state index contributed by atoms with van der Waals surface area (Å²) in [5.74, 6) is -0.570. The molecule has 1 heterocycles. The summed E-state index contributed by atoms with van der Waals surface area (Å²) in [4.78, 5) is 3.65. The summed E-state index contributed by atoms with van der Waals surface area (Å²) in [5, 5.41) is 0.930. The van der Waals surface area contributed by atoms with Gasteiger partial charge in [-0.3, -0.25) is 4.99 Å². The van der Waals surface area contributed by atoms with Crippen LogP contribution in [-0.4, -0.2) is 57.3 Å². The minimum absolute atomic E-state index is 0.0357. The Bertz CT molecular complexity index is 1260. The first-order valence-corrected chi connectivity index (χ1v) is 13.2. The summed E-state index contributed by atoms with van der Waals surface area (Å²) < 4.78 is 90.8. The quantitative estimate of drug-likeness (QED) is 0.433. The standard InChI is InChI=1S/C19H16ClF3N2O4S3/c20-17-12-14(24-5-8-30)11-16(19(21,22)23)18(17)13-1-3-15(4-2-13)32(28,29)25-6-9-31(26,27)10-7-25/h1-5,8,11-12H,6-7,9-10H2. The molecule has 32 heavy (non-hydrogen) atoms. The fraction of sp³-hybridized carbons (Fsp3) is 0.263. The van der Waals surface area contributed by atoms with Crippen molar-refractivity contribution in [3.05, 3.63) is 47.0 Å². The number of halogens is 4. The van der Waals surface area contributed by atoms with Crippen molar-refractivity contribution in [2.75, 3.05) is 24.6 Å². The molecule has 1 aliphatic heterocycles. The van der Waals surface area contributed by atoms with Gasteiger partial charge < -0.3 is 0 Å². The van der Waals surface area contributed by atoms with Crippen LogP contribution < -0.4 is 0 Å². The van der Waals surface area contributed by atoms with E-state index in [2.05, 4.69) is 17.2 Å². The SMILES string of the molecule is O=S1(=O)CCN(S(=O)(=O)c2ccc(-c3c(Cl)cc(N=CC=S)cc3C(F)(F)F)cc2)CC1. The zero-order valence-corrected chi connectivity index (χ0v) is 19.4. The molecule has 1 aliphatic rings. The van der Waals surface area contributed by atoms with Crippen LogP contribution in [-0.2, 0) is 26.0 Å². The van der Waals surface area contributed by atoms with Gasteiger partial charge in [0, 0.05) is 30.2 Å². The molecule has 2 aromatic rings. The highest BCUT2D eigenvalue weighted by Gasteiger charge is 2.36. The van der Waals surface area contributed by atoms with Crippen LogP contribution in [0.15, 0.2) is 46.3 Å². The summed E-state index contributed by atoms with van der Waals surface area (Å²) in [6.45, 7) is -0.361. The maximum atomic E-state index is 13.7. The molecule has 0 aliphatic carbocycles. The third-order valence-electron chi connectivity index (χ3n) is 4.75. The van der Waals surface area contributed by atoms with Gasteiger partial charge in [0.25, 0.3) is 0 Å². The van der Waals surface area contributed by atoms with Crippen LogP contribution in [0.2, 0.25) is 5.02 Å². The number of rotatable bonds is 5. The number of sulfone groups is 1. The topological polar surface area (TPSA) is 83.9 Å². The molecule has 2 aromatic carbocycles. The first kappa shape index (κ1) is 24.8. The number of benzene rings is 2. The van der Waals surface area contributed by atoms with Crippen molar-refractivity contribution in [3.63, 3.8) is 0 Å². The Morgan fingerprint density at radius 3 is 2.22 bits per heavy atom. The summed E-state index contributed by atoms with van der Waals surface area (Å²) in [6.07, 6.45) is -3.58. The first-order chi connectivity index (χ1) is 14.8. The number of hydrogen-bond donors (Lipinski definition) is 0. The van der Waals surface area contributed by atoms with Gasteiger partial charge in [-0.25, -0.2) is 16.8 Å². The largest absolute Gasteiger partial charge is 0.417 e. The lowest BCUT2D eigenvalue weighted by Crippen LogP contribution is -2.43. The van der Waals surface area contributed by atoms with Gasteiger partial charge in [0.2, 0.25) is 10.0 Å². The van der Waals surface area contributed by atoms with Crippen molar-refractivity contribution in [2.45, 2.75) is 11.1 Å². The number of sulfonamides is 1. The van der Waals surface area contributed by atoms with Crippen molar-refractivity contribution < 1.29 is 30.0 Å². The Hall–Kier alpha value is -1.86. The predicted molar refractivity (Wildman–Crippen MR) is 121 cm³/mol. The minimum atomic E-state index is -4.74. The molecule has 0 unspecified atom stereocenters. The monoisotopic (exact) mass is 524 g/mol. The van der Waals surface area contributed by atoms with Gasteiger partial charge in [0.1, 0.15) is 0 Å². The molecule has 1 saturated heterocycles. The van der Waals surface area contributed by atoms with E-state index < -0.39 is 31.6 Å². The van der Waals surface area contributed by atoms with Gasteiger partial charge >= 0.3 is 6.18 Å². The average molecular weight is 525 g/mol. The van der Waals surface area contributed by atoms with Crippen LogP contribution in [0.5, 0.6) is 0 Å². The second-order valence-corrected chi connectivity index (χ2v) is 11.8. The Morgan fingerprint density at radius 1 is 1.09 bits per heavy atom. The Balaban J connectivity index is 2.00. The van der Waals surface area contributed by atoms with Gasteiger partial charge in [-0.1, -0.05) is 36.0 Å². The second kappa shape index (κ2) is 9.18. The van der Waals surface area contributed by atoms with E-state index in [-0.39, 0.29) is 51.3 Å². The van der Waals surface area contributed by atoms with Crippen LogP contribution in [0.4, 0.5) is 18.9 Å². The lowest BCUT2D eigenvalue weighted by atomic mass is 9.98. The van der Waals surface area contributed by atoms with Gasteiger partial charge in [-0.15, -0.1) is 0 Å². The molecule has 1 fully saturated rings. The lowest BCUT2D eigenvalue weighted by molar-refractivity contribution is -0.137. The van der Waals surface area contributed by atoms with Crippen LogP contribution >= 0.6 is 23.8 Å². The Morgan fingerprint density at radius 2 is 1.69 bits per heavy atom. The molecule has 0 aromatic heterocycles. The van der Waals surface area contributed by atoms with E-state index in [0.29, 0.717) is 0 Å². The predicted octanol–water partition coefficient (Wildman–Crippen LogP) is 4.15. The summed E-state index contributed by atoms with van der Waals surface area (Å²) in [6, 6.07) is 6.87. The number of alkyl halides is 3. The van der Waals surface area contributed by atoms with E-state index in [4.69, 9.17) is 11.6 Å². The van der Waals surface area contributed by atoms with Gasteiger partial charge in [-0.2, -0.15) is 17.5 Å². The van der Waals surface area contributed by atoms with E-state index in [0.717, 1.165) is 22.0 Å². The molecule has 172 valence electrons. The number of thiocarbonyl (C=S) groups is 1. The maximum Gasteiger partial charge on any atom is 0.417 e. The fourth-order valence-corrected chi connectivity index (χ4v) is 6.44. The highest BCUT2D eigenvalue weighted by atomic mass is 35.5. The molecule has 0 amide bonds. The molecule has 0 bridgehead atoms. The van der Waals surface area contributed by atoms with E-state index >= 15 is 0 Å². The number of nitrogens with zero attached hydrogens (tertiary/aromatic N) is 2. The zero-order valence-electron chi connectivity index (χ0n) is 16.2. The Kier molecular flexibility index (Phi) is 7.11. The van der Waals surface area contributed by atoms with Crippen molar-refractivity contribution in [3.8, 4) is 11.1 Å². The number of hydrogen-bond acceptors (Lipinski definition) is 6. The summed E-state index contributed by atoms with van der Waals surface area (Å²) in [5.41, 5.74) is -1.31. The molecule has 0 spiro atoms. The van der Waals surface area contributed by atoms with Crippen molar-refractivity contribution in [2.24, 2.45) is 4.99 Å². The molecule has 0 atom stereocenters. The molecular formula is C19H16ClF3N2O4S3. The normalized spacial score (nSPS) is 17.5. The molecule has 3 rings (SSSR count). The maximum absolute atomic E-state index is 13.7. The Labute approximate surface area is 193 Å². The van der Waals surface area contributed by atoms with E-state index in [1.807, 2.05) is 0 Å². The number of aliphatic imine (C=N–C) groups is 1. The molecule has 0 saturated carbocycles. The molecule has 0 radical (unpaired) electrons. The van der Waals surface area contributed by atoms with Crippen LogP contribution in [0.3, 0.4) is 0 Å². The van der Waals surface area contributed by atoms with Crippen molar-refractivity contribution >= 4 is 60.9 Å². The van der Waals surface area contributed by atoms with Crippen molar-refractivity contribution in [1.82, 2.24) is 4.31 Å². The highest BCUT2D eigenvalue weighted by Crippen LogP contribution is 2.43. The van der Waals surface area contributed by atoms with E-state index in [1.165, 1.54) is 30.3 Å². The first-order valence-electron chi connectivity index (χ1n) is 9.05. The molecule has 0 N–H and O–H groups in total. The van der Waals surface area contributed by atoms with E-state index in [1.54, 1.807) is 0 Å².